The molecule has 2 aromatic heterocycles. The standard InChI is InChI=1S/C16H12F2N4O3S/c17-15(18)25-10-3-1-2-8(4-10)14(24)22-16-21-12(7-26-16)9-5-11(13(19)23)20-6-9/h1-7,15,20H,(H2,19,23)(H,21,22,24). The van der Waals surface area contributed by atoms with Gasteiger partial charge in [-0.05, 0) is 24.3 Å². The first-order chi connectivity index (χ1) is 12.4. The lowest BCUT2D eigenvalue weighted by Gasteiger charge is -2.06. The molecule has 1 aromatic carbocycles. The third-order valence-corrected chi connectivity index (χ3v) is 4.05. The Hall–Kier alpha value is -3.27. The molecule has 2 heterocycles. The number of hydrogen-bond acceptors (Lipinski definition) is 5. The maximum atomic E-state index is 12.3. The fourth-order valence-corrected chi connectivity index (χ4v) is 2.85. The Morgan fingerprint density at radius 1 is 1.31 bits per heavy atom. The molecule has 0 radical (unpaired) electrons. The summed E-state index contributed by atoms with van der Waals surface area (Å²) in [6, 6.07) is 6.99. The van der Waals surface area contributed by atoms with Gasteiger partial charge in [0.1, 0.15) is 11.4 Å². The molecule has 4 N–H and O–H groups in total. The Labute approximate surface area is 149 Å². The van der Waals surface area contributed by atoms with Crippen molar-refractivity contribution in [3.05, 3.63) is 53.2 Å². The number of hydrogen-bond donors (Lipinski definition) is 3. The largest absolute Gasteiger partial charge is 0.435 e. The number of H-pyrrole nitrogens is 1. The summed E-state index contributed by atoms with van der Waals surface area (Å²) in [5, 5.41) is 4.59. The van der Waals surface area contributed by atoms with E-state index in [0.29, 0.717) is 16.4 Å². The molecule has 0 unspecified atom stereocenters. The number of alkyl halides is 2. The molecule has 0 aliphatic heterocycles. The minimum Gasteiger partial charge on any atom is -0.435 e. The molecule has 3 aromatic rings. The predicted octanol–water partition coefficient (Wildman–Crippen LogP) is 3.09. The fourth-order valence-electron chi connectivity index (χ4n) is 2.13. The number of amides is 2. The molecule has 2 amide bonds. The summed E-state index contributed by atoms with van der Waals surface area (Å²) >= 11 is 1.18. The molecule has 0 fully saturated rings. The number of nitrogens with two attached hydrogens (primary N) is 1. The van der Waals surface area contributed by atoms with Gasteiger partial charge in [0.2, 0.25) is 0 Å². The van der Waals surface area contributed by atoms with Gasteiger partial charge in [-0.3, -0.25) is 14.9 Å². The van der Waals surface area contributed by atoms with Crippen LogP contribution in [0.4, 0.5) is 13.9 Å². The molecule has 134 valence electrons. The molecule has 3 rings (SSSR count). The summed E-state index contributed by atoms with van der Waals surface area (Å²) in [6.45, 7) is -2.97. The third-order valence-electron chi connectivity index (χ3n) is 3.29. The van der Waals surface area contributed by atoms with E-state index in [-0.39, 0.29) is 17.0 Å². The van der Waals surface area contributed by atoms with Crippen LogP contribution in [0.5, 0.6) is 5.75 Å². The third kappa shape index (κ3) is 4.03. The van der Waals surface area contributed by atoms with Gasteiger partial charge in [-0.15, -0.1) is 11.3 Å². The molecule has 0 saturated heterocycles. The number of nitrogens with zero attached hydrogens (tertiary/aromatic N) is 1. The number of rotatable bonds is 6. The van der Waals surface area contributed by atoms with Crippen molar-refractivity contribution in [1.29, 1.82) is 0 Å². The van der Waals surface area contributed by atoms with Gasteiger partial charge >= 0.3 is 6.61 Å². The summed E-state index contributed by atoms with van der Waals surface area (Å²) in [7, 11) is 0. The molecule has 26 heavy (non-hydrogen) atoms. The number of primary amides is 1. The monoisotopic (exact) mass is 378 g/mol. The van der Waals surface area contributed by atoms with Crippen LogP contribution < -0.4 is 15.8 Å². The van der Waals surface area contributed by atoms with Crippen LogP contribution in [0.15, 0.2) is 41.9 Å². The molecule has 10 heteroatoms. The lowest BCUT2D eigenvalue weighted by Crippen LogP contribution is -2.12. The van der Waals surface area contributed by atoms with Crippen molar-refractivity contribution >= 4 is 28.3 Å². The number of aromatic nitrogens is 2. The second-order valence-electron chi connectivity index (χ2n) is 5.06. The van der Waals surface area contributed by atoms with Crippen molar-refractivity contribution in [2.45, 2.75) is 6.61 Å². The minimum atomic E-state index is -2.97. The van der Waals surface area contributed by atoms with Crippen LogP contribution in [0.2, 0.25) is 0 Å². The summed E-state index contributed by atoms with van der Waals surface area (Å²) in [4.78, 5) is 30.3. The zero-order valence-corrected chi connectivity index (χ0v) is 13.8. The van der Waals surface area contributed by atoms with Gasteiger partial charge in [-0.1, -0.05) is 6.07 Å². The maximum absolute atomic E-state index is 12.3. The molecule has 0 bridgehead atoms. The Bertz CT molecular complexity index is 954. The van der Waals surface area contributed by atoms with Gasteiger partial charge < -0.3 is 15.5 Å². The number of aromatic amines is 1. The van der Waals surface area contributed by atoms with Crippen LogP contribution in [0.25, 0.3) is 11.3 Å². The Morgan fingerprint density at radius 3 is 2.81 bits per heavy atom. The highest BCUT2D eigenvalue weighted by atomic mass is 32.1. The number of halogens is 2. The normalized spacial score (nSPS) is 10.7. The van der Waals surface area contributed by atoms with E-state index in [1.165, 1.54) is 35.6 Å². The Morgan fingerprint density at radius 2 is 2.12 bits per heavy atom. The minimum absolute atomic E-state index is 0.112. The summed E-state index contributed by atoms with van der Waals surface area (Å²) in [6.07, 6.45) is 1.58. The van der Waals surface area contributed by atoms with Crippen molar-refractivity contribution in [1.82, 2.24) is 9.97 Å². The zero-order valence-electron chi connectivity index (χ0n) is 13.0. The first-order valence-corrected chi connectivity index (χ1v) is 8.10. The van der Waals surface area contributed by atoms with E-state index in [1.807, 2.05) is 0 Å². The zero-order chi connectivity index (χ0) is 18.7. The molecule has 0 aliphatic rings. The van der Waals surface area contributed by atoms with E-state index >= 15 is 0 Å². The summed E-state index contributed by atoms with van der Waals surface area (Å²) in [5.74, 6) is -1.22. The number of anilines is 1. The Balaban J connectivity index is 1.72. The molecular formula is C16H12F2N4O3S. The number of ether oxygens (including phenoxy) is 1. The van der Waals surface area contributed by atoms with Crippen LogP contribution in [-0.4, -0.2) is 28.4 Å². The SMILES string of the molecule is NC(=O)c1cc(-c2csc(NC(=O)c3cccc(OC(F)F)c3)n2)c[nH]1. The number of carbonyl (C=O) groups is 2. The quantitative estimate of drug-likeness (QED) is 0.612. The first-order valence-electron chi connectivity index (χ1n) is 7.22. The van der Waals surface area contributed by atoms with E-state index < -0.39 is 18.4 Å². The van der Waals surface area contributed by atoms with Gasteiger partial charge in [0, 0.05) is 22.7 Å². The molecule has 0 saturated carbocycles. The number of carbonyl (C=O) groups excluding carboxylic acids is 2. The predicted molar refractivity (Wildman–Crippen MR) is 91.4 cm³/mol. The van der Waals surface area contributed by atoms with Crippen molar-refractivity contribution < 1.29 is 23.1 Å². The van der Waals surface area contributed by atoms with Gasteiger partial charge in [0.15, 0.2) is 5.13 Å². The number of thiazole rings is 1. The van der Waals surface area contributed by atoms with E-state index in [9.17, 15) is 18.4 Å². The van der Waals surface area contributed by atoms with Crippen LogP contribution in [0.1, 0.15) is 20.8 Å². The number of nitrogens with one attached hydrogen (secondary N) is 2. The highest BCUT2D eigenvalue weighted by Gasteiger charge is 2.13. The van der Waals surface area contributed by atoms with Crippen molar-refractivity contribution in [2.24, 2.45) is 5.73 Å². The Kier molecular flexibility index (Phi) is 4.94. The topological polar surface area (TPSA) is 110 Å². The van der Waals surface area contributed by atoms with Crippen molar-refractivity contribution in [3.8, 4) is 17.0 Å². The lowest BCUT2D eigenvalue weighted by molar-refractivity contribution is -0.0498. The second kappa shape index (κ2) is 7.31. The van der Waals surface area contributed by atoms with Gasteiger partial charge in [0.05, 0.1) is 5.69 Å². The van der Waals surface area contributed by atoms with E-state index in [4.69, 9.17) is 5.73 Å². The first kappa shape index (κ1) is 17.5. The molecule has 0 aliphatic carbocycles. The fraction of sp³-hybridized carbons (Fsp3) is 0.0625. The van der Waals surface area contributed by atoms with E-state index in [1.54, 1.807) is 17.6 Å². The molecule has 7 nitrogen and oxygen atoms in total. The van der Waals surface area contributed by atoms with Crippen LogP contribution >= 0.6 is 11.3 Å². The van der Waals surface area contributed by atoms with E-state index in [0.717, 1.165) is 0 Å². The van der Waals surface area contributed by atoms with Crippen molar-refractivity contribution in [2.75, 3.05) is 5.32 Å². The van der Waals surface area contributed by atoms with Gasteiger partial charge in [-0.2, -0.15) is 8.78 Å². The molecular weight excluding hydrogens is 366 g/mol. The second-order valence-corrected chi connectivity index (χ2v) is 5.92. The molecule has 0 atom stereocenters. The van der Waals surface area contributed by atoms with Crippen LogP contribution in [-0.2, 0) is 0 Å². The average molecular weight is 378 g/mol. The lowest BCUT2D eigenvalue weighted by atomic mass is 10.2. The van der Waals surface area contributed by atoms with Crippen LogP contribution in [0.3, 0.4) is 0 Å². The summed E-state index contributed by atoms with van der Waals surface area (Å²) in [5.41, 5.74) is 6.76. The highest BCUT2D eigenvalue weighted by molar-refractivity contribution is 7.14. The van der Waals surface area contributed by atoms with E-state index in [2.05, 4.69) is 20.0 Å². The van der Waals surface area contributed by atoms with Crippen molar-refractivity contribution in [3.63, 3.8) is 0 Å². The van der Waals surface area contributed by atoms with Crippen LogP contribution in [0, 0.1) is 0 Å². The smallest absolute Gasteiger partial charge is 0.387 e. The van der Waals surface area contributed by atoms with Gasteiger partial charge in [-0.25, -0.2) is 4.98 Å². The highest BCUT2D eigenvalue weighted by Crippen LogP contribution is 2.26. The summed E-state index contributed by atoms with van der Waals surface area (Å²) < 4.78 is 28.8. The van der Waals surface area contributed by atoms with Gasteiger partial charge in [0.25, 0.3) is 11.8 Å². The molecule has 0 spiro atoms. The average Bonchev–Trinajstić information content (AvgIpc) is 3.23. The number of benzene rings is 1. The maximum Gasteiger partial charge on any atom is 0.387 e.